The minimum atomic E-state index is 0.534. The summed E-state index contributed by atoms with van der Waals surface area (Å²) in [5.41, 5.74) is 5.40. The second-order valence-corrected chi connectivity index (χ2v) is 4.24. The molecule has 76 valence electrons. The van der Waals surface area contributed by atoms with Gasteiger partial charge in [0.2, 0.25) is 0 Å². The van der Waals surface area contributed by atoms with Gasteiger partial charge in [0.1, 0.15) is 5.75 Å². The lowest BCUT2D eigenvalue weighted by atomic mass is 9.95. The average molecular weight is 190 g/mol. The van der Waals surface area contributed by atoms with Gasteiger partial charge in [0.15, 0.2) is 0 Å². The molecule has 0 heterocycles. The van der Waals surface area contributed by atoms with Crippen LogP contribution in [0.15, 0.2) is 6.07 Å². The lowest BCUT2D eigenvalue weighted by Gasteiger charge is -2.12. The molecule has 14 heavy (non-hydrogen) atoms. The van der Waals surface area contributed by atoms with Gasteiger partial charge < -0.3 is 5.11 Å². The molecule has 0 aliphatic heterocycles. The van der Waals surface area contributed by atoms with Gasteiger partial charge in [0.25, 0.3) is 0 Å². The number of hydrogen-bond donors (Lipinski definition) is 1. The van der Waals surface area contributed by atoms with E-state index in [1.165, 1.54) is 28.7 Å². The maximum Gasteiger partial charge on any atom is 0.119 e. The van der Waals surface area contributed by atoms with Gasteiger partial charge >= 0.3 is 0 Å². The number of aryl methyl sites for hydroxylation is 1. The predicted octanol–water partition coefficient (Wildman–Crippen LogP) is 3.14. The van der Waals surface area contributed by atoms with Crippen molar-refractivity contribution in [2.45, 2.75) is 46.0 Å². The van der Waals surface area contributed by atoms with Crippen LogP contribution in [-0.2, 0) is 19.3 Å². The number of fused-ring (bicyclic) bond motifs is 1. The van der Waals surface area contributed by atoms with Crippen LogP contribution < -0.4 is 0 Å². The first-order chi connectivity index (χ1) is 6.74. The molecule has 1 N–H and O–H groups in total. The van der Waals surface area contributed by atoms with Crippen molar-refractivity contribution in [2.24, 2.45) is 0 Å². The van der Waals surface area contributed by atoms with Crippen molar-refractivity contribution < 1.29 is 5.11 Å². The maximum atomic E-state index is 9.86. The third kappa shape index (κ3) is 1.41. The number of aromatic hydroxyl groups is 1. The Morgan fingerprint density at radius 2 is 2.00 bits per heavy atom. The Hall–Kier alpha value is -0.980. The highest BCUT2D eigenvalue weighted by Gasteiger charge is 2.18. The first-order valence-electron chi connectivity index (χ1n) is 5.57. The van der Waals surface area contributed by atoms with Crippen LogP contribution in [0, 0.1) is 6.92 Å². The van der Waals surface area contributed by atoms with Crippen LogP contribution in [0.1, 0.15) is 42.0 Å². The predicted molar refractivity (Wildman–Crippen MR) is 58.9 cm³/mol. The number of rotatable bonds is 2. The van der Waals surface area contributed by atoms with Crippen LogP contribution in [0.25, 0.3) is 0 Å². The second kappa shape index (κ2) is 3.64. The molecular formula is C13H18O. The maximum absolute atomic E-state index is 9.86. The van der Waals surface area contributed by atoms with E-state index in [1.807, 2.05) is 6.07 Å². The molecule has 2 rings (SSSR count). The molecule has 1 nitrogen and oxygen atoms in total. The minimum absolute atomic E-state index is 0.534. The SMILES string of the molecule is CCCc1cc(O)c2c(c1C)CCC2. The van der Waals surface area contributed by atoms with Crippen LogP contribution in [0.5, 0.6) is 5.75 Å². The normalized spacial score (nSPS) is 14.4. The molecule has 0 unspecified atom stereocenters. The van der Waals surface area contributed by atoms with Crippen molar-refractivity contribution in [3.63, 3.8) is 0 Å². The standard InChI is InChI=1S/C13H18O/c1-3-5-10-8-13(14)12-7-4-6-11(12)9(10)2/h8,14H,3-7H2,1-2H3. The van der Waals surface area contributed by atoms with Gasteiger partial charge in [-0.3, -0.25) is 0 Å². The molecule has 1 aromatic carbocycles. The Morgan fingerprint density at radius 1 is 1.29 bits per heavy atom. The summed E-state index contributed by atoms with van der Waals surface area (Å²) in [6.07, 6.45) is 5.67. The third-order valence-corrected chi connectivity index (χ3v) is 3.29. The Labute approximate surface area is 85.8 Å². The fourth-order valence-corrected chi connectivity index (χ4v) is 2.52. The zero-order valence-corrected chi connectivity index (χ0v) is 9.06. The van der Waals surface area contributed by atoms with Crippen molar-refractivity contribution in [1.29, 1.82) is 0 Å². The van der Waals surface area contributed by atoms with E-state index in [2.05, 4.69) is 13.8 Å². The van der Waals surface area contributed by atoms with Crippen molar-refractivity contribution >= 4 is 0 Å². The summed E-state index contributed by atoms with van der Waals surface area (Å²) in [4.78, 5) is 0. The highest BCUT2D eigenvalue weighted by Crippen LogP contribution is 2.34. The summed E-state index contributed by atoms with van der Waals surface area (Å²) in [5, 5.41) is 9.86. The number of hydrogen-bond acceptors (Lipinski definition) is 1. The van der Waals surface area contributed by atoms with Crippen LogP contribution >= 0.6 is 0 Å². The van der Waals surface area contributed by atoms with Crippen molar-refractivity contribution in [2.75, 3.05) is 0 Å². The third-order valence-electron chi connectivity index (χ3n) is 3.29. The van der Waals surface area contributed by atoms with E-state index in [0.717, 1.165) is 25.7 Å². The highest BCUT2D eigenvalue weighted by molar-refractivity contribution is 5.50. The largest absolute Gasteiger partial charge is 0.508 e. The number of phenols is 1. The van der Waals surface area contributed by atoms with Gasteiger partial charge in [0.05, 0.1) is 0 Å². The molecule has 1 aliphatic carbocycles. The fraction of sp³-hybridized carbons (Fsp3) is 0.538. The van der Waals surface area contributed by atoms with Gasteiger partial charge in [-0.15, -0.1) is 0 Å². The smallest absolute Gasteiger partial charge is 0.119 e. The Kier molecular flexibility index (Phi) is 2.49. The second-order valence-electron chi connectivity index (χ2n) is 4.24. The summed E-state index contributed by atoms with van der Waals surface area (Å²) in [7, 11) is 0. The summed E-state index contributed by atoms with van der Waals surface area (Å²) in [5.74, 6) is 0.534. The Balaban J connectivity index is 2.50. The molecule has 0 spiro atoms. The molecular weight excluding hydrogens is 172 g/mol. The zero-order chi connectivity index (χ0) is 10.1. The molecule has 0 saturated heterocycles. The lowest BCUT2D eigenvalue weighted by molar-refractivity contribution is 0.468. The summed E-state index contributed by atoms with van der Waals surface area (Å²) in [6, 6.07) is 1.98. The molecule has 0 fully saturated rings. The zero-order valence-electron chi connectivity index (χ0n) is 9.06. The van der Waals surface area contributed by atoms with E-state index in [-0.39, 0.29) is 0 Å². The average Bonchev–Trinajstić information content (AvgIpc) is 2.63. The van der Waals surface area contributed by atoms with E-state index in [4.69, 9.17) is 0 Å². The topological polar surface area (TPSA) is 20.2 Å². The lowest BCUT2D eigenvalue weighted by Crippen LogP contribution is -1.96. The molecule has 1 aromatic rings. The molecule has 0 aromatic heterocycles. The van der Waals surface area contributed by atoms with Gasteiger partial charge in [0, 0.05) is 0 Å². The first kappa shape index (κ1) is 9.57. The molecule has 0 bridgehead atoms. The molecule has 0 saturated carbocycles. The summed E-state index contributed by atoms with van der Waals surface area (Å²) < 4.78 is 0. The first-order valence-corrected chi connectivity index (χ1v) is 5.57. The molecule has 0 amide bonds. The molecule has 1 heteroatoms. The molecule has 0 radical (unpaired) electrons. The highest BCUT2D eigenvalue weighted by atomic mass is 16.3. The van der Waals surface area contributed by atoms with Crippen LogP contribution in [-0.4, -0.2) is 5.11 Å². The van der Waals surface area contributed by atoms with Crippen LogP contribution in [0.2, 0.25) is 0 Å². The number of phenolic OH excluding ortho intramolecular Hbond substituents is 1. The minimum Gasteiger partial charge on any atom is -0.508 e. The summed E-state index contributed by atoms with van der Waals surface area (Å²) >= 11 is 0. The monoisotopic (exact) mass is 190 g/mol. The van der Waals surface area contributed by atoms with E-state index < -0.39 is 0 Å². The molecule has 0 atom stereocenters. The van der Waals surface area contributed by atoms with E-state index in [0.29, 0.717) is 5.75 Å². The number of benzene rings is 1. The van der Waals surface area contributed by atoms with Crippen molar-refractivity contribution in [3.8, 4) is 5.75 Å². The van der Waals surface area contributed by atoms with E-state index in [1.54, 1.807) is 0 Å². The Morgan fingerprint density at radius 3 is 2.71 bits per heavy atom. The van der Waals surface area contributed by atoms with E-state index in [9.17, 15) is 5.11 Å². The van der Waals surface area contributed by atoms with Crippen LogP contribution in [0.4, 0.5) is 0 Å². The van der Waals surface area contributed by atoms with Gasteiger partial charge in [-0.2, -0.15) is 0 Å². The quantitative estimate of drug-likeness (QED) is 0.759. The van der Waals surface area contributed by atoms with Gasteiger partial charge in [-0.25, -0.2) is 0 Å². The van der Waals surface area contributed by atoms with Crippen molar-refractivity contribution in [3.05, 3.63) is 28.3 Å². The van der Waals surface area contributed by atoms with Gasteiger partial charge in [-0.05, 0) is 60.9 Å². The fourth-order valence-electron chi connectivity index (χ4n) is 2.52. The van der Waals surface area contributed by atoms with E-state index >= 15 is 0 Å². The van der Waals surface area contributed by atoms with Gasteiger partial charge in [-0.1, -0.05) is 13.3 Å². The summed E-state index contributed by atoms with van der Waals surface area (Å²) in [6.45, 7) is 4.39. The van der Waals surface area contributed by atoms with Crippen molar-refractivity contribution in [1.82, 2.24) is 0 Å². The Bertz CT molecular complexity index is 353. The van der Waals surface area contributed by atoms with Crippen LogP contribution in [0.3, 0.4) is 0 Å². The molecule has 1 aliphatic rings.